The molecule has 4 heteroatoms. The first-order chi connectivity index (χ1) is 9.08. The molecule has 1 unspecified atom stereocenters. The molecule has 1 aliphatic heterocycles. The summed E-state index contributed by atoms with van der Waals surface area (Å²) in [6, 6.07) is 6.78. The Morgan fingerprint density at radius 3 is 2.95 bits per heavy atom. The van der Waals surface area contributed by atoms with Crippen LogP contribution in [0.5, 0.6) is 0 Å². The van der Waals surface area contributed by atoms with Crippen molar-refractivity contribution in [1.29, 1.82) is 0 Å². The Hall–Kier alpha value is -1.13. The average Bonchev–Trinajstić information content (AvgIpc) is 2.37. The Morgan fingerprint density at radius 1 is 1.47 bits per heavy atom. The third-order valence-corrected chi connectivity index (χ3v) is 4.11. The minimum atomic E-state index is 0.458. The molecule has 2 rings (SSSR count). The van der Waals surface area contributed by atoms with Gasteiger partial charge in [-0.2, -0.15) is 0 Å². The van der Waals surface area contributed by atoms with Crippen LogP contribution in [0.4, 0.5) is 5.69 Å². The number of nitrogens with zero attached hydrogens (tertiary/aromatic N) is 1. The number of nitrogens with one attached hydrogen (secondary N) is 1. The molecule has 0 aromatic heterocycles. The lowest BCUT2D eigenvalue weighted by Crippen LogP contribution is -2.41. The largest absolute Gasteiger partial charge is 0.389 e. The van der Waals surface area contributed by atoms with Crippen LogP contribution >= 0.6 is 12.2 Å². The molecular weight excluding hydrogens is 254 g/mol. The van der Waals surface area contributed by atoms with E-state index in [0.29, 0.717) is 11.0 Å². The van der Waals surface area contributed by atoms with Gasteiger partial charge in [-0.05, 0) is 51.1 Å². The van der Waals surface area contributed by atoms with Crippen LogP contribution in [0.15, 0.2) is 18.2 Å². The molecule has 0 spiro atoms. The van der Waals surface area contributed by atoms with Gasteiger partial charge in [0.15, 0.2) is 0 Å². The average molecular weight is 277 g/mol. The number of anilines is 1. The predicted molar refractivity (Wildman–Crippen MR) is 85.8 cm³/mol. The Balaban J connectivity index is 2.05. The van der Waals surface area contributed by atoms with Gasteiger partial charge in [0.05, 0.1) is 0 Å². The normalized spacial score (nSPS) is 20.2. The number of hydrogen-bond acceptors (Lipinski definition) is 3. The lowest BCUT2D eigenvalue weighted by Gasteiger charge is -2.33. The van der Waals surface area contributed by atoms with Crippen molar-refractivity contribution in [1.82, 2.24) is 4.90 Å². The van der Waals surface area contributed by atoms with Gasteiger partial charge in [-0.15, -0.1) is 0 Å². The molecule has 1 aliphatic rings. The number of likely N-dealkylation sites (N-methyl/N-ethyl adjacent to an activating group) is 1. The van der Waals surface area contributed by atoms with Gasteiger partial charge in [0.1, 0.15) is 4.99 Å². The summed E-state index contributed by atoms with van der Waals surface area (Å²) in [7, 11) is 2.20. The molecule has 3 nitrogen and oxygen atoms in total. The van der Waals surface area contributed by atoms with E-state index in [-0.39, 0.29) is 0 Å². The molecule has 0 saturated carbocycles. The zero-order chi connectivity index (χ0) is 13.8. The molecule has 0 radical (unpaired) electrons. The lowest BCUT2D eigenvalue weighted by atomic mass is 10.0. The maximum Gasteiger partial charge on any atom is 0.106 e. The first-order valence-electron chi connectivity index (χ1n) is 6.92. The Bertz CT molecular complexity index is 459. The zero-order valence-corrected chi connectivity index (χ0v) is 12.6. The second kappa shape index (κ2) is 6.35. The van der Waals surface area contributed by atoms with Gasteiger partial charge >= 0.3 is 0 Å². The maximum atomic E-state index is 5.78. The van der Waals surface area contributed by atoms with E-state index in [0.717, 1.165) is 17.8 Å². The van der Waals surface area contributed by atoms with Crippen LogP contribution in [0.3, 0.4) is 0 Å². The van der Waals surface area contributed by atoms with Crippen molar-refractivity contribution in [2.24, 2.45) is 5.73 Å². The highest BCUT2D eigenvalue weighted by atomic mass is 32.1. The summed E-state index contributed by atoms with van der Waals surface area (Å²) in [5.74, 6) is 0. The number of hydrogen-bond donors (Lipinski definition) is 2. The molecule has 1 fully saturated rings. The van der Waals surface area contributed by atoms with Crippen LogP contribution in [0, 0.1) is 6.92 Å². The molecule has 1 saturated heterocycles. The second-order valence-corrected chi connectivity index (χ2v) is 5.86. The highest BCUT2D eigenvalue weighted by Gasteiger charge is 2.18. The standard InChI is InChI=1S/C15H23N3S/c1-11-6-7-13(15(16)19)14(9-11)17-10-12-5-3-4-8-18(12)2/h6-7,9,12,17H,3-5,8,10H2,1-2H3,(H2,16,19). The predicted octanol–water partition coefficient (Wildman–Crippen LogP) is 2.53. The third kappa shape index (κ3) is 3.67. The molecule has 1 heterocycles. The number of rotatable bonds is 4. The molecule has 3 N–H and O–H groups in total. The SMILES string of the molecule is Cc1ccc(C(N)=S)c(NCC2CCCCN2C)c1. The van der Waals surface area contributed by atoms with Gasteiger partial charge < -0.3 is 16.0 Å². The van der Waals surface area contributed by atoms with Crippen molar-refractivity contribution in [2.75, 3.05) is 25.5 Å². The van der Waals surface area contributed by atoms with E-state index >= 15 is 0 Å². The van der Waals surface area contributed by atoms with Crippen molar-refractivity contribution in [2.45, 2.75) is 32.2 Å². The van der Waals surface area contributed by atoms with Gasteiger partial charge in [-0.1, -0.05) is 24.7 Å². The van der Waals surface area contributed by atoms with Crippen molar-refractivity contribution < 1.29 is 0 Å². The van der Waals surface area contributed by atoms with Crippen LogP contribution in [-0.2, 0) is 0 Å². The fourth-order valence-electron chi connectivity index (χ4n) is 2.65. The molecule has 104 valence electrons. The van der Waals surface area contributed by atoms with E-state index in [4.69, 9.17) is 18.0 Å². The molecule has 1 aromatic carbocycles. The van der Waals surface area contributed by atoms with Crippen LogP contribution in [0.2, 0.25) is 0 Å². The summed E-state index contributed by atoms with van der Waals surface area (Å²) in [6.45, 7) is 4.24. The smallest absolute Gasteiger partial charge is 0.106 e. The van der Waals surface area contributed by atoms with Crippen LogP contribution < -0.4 is 11.1 Å². The Kier molecular flexibility index (Phi) is 4.77. The highest BCUT2D eigenvalue weighted by molar-refractivity contribution is 7.80. The number of thiocarbonyl (C=S) groups is 1. The number of aryl methyl sites for hydroxylation is 1. The van der Waals surface area contributed by atoms with E-state index in [2.05, 4.69) is 30.3 Å². The summed E-state index contributed by atoms with van der Waals surface area (Å²) >= 11 is 5.11. The van der Waals surface area contributed by atoms with E-state index in [1.54, 1.807) is 0 Å². The minimum Gasteiger partial charge on any atom is -0.389 e. The van der Waals surface area contributed by atoms with Crippen molar-refractivity contribution >= 4 is 22.9 Å². The summed E-state index contributed by atoms with van der Waals surface area (Å²) in [5, 5.41) is 3.53. The van der Waals surface area contributed by atoms with Crippen LogP contribution in [-0.4, -0.2) is 36.1 Å². The Labute approximate surface area is 121 Å². The quantitative estimate of drug-likeness (QED) is 0.830. The second-order valence-electron chi connectivity index (χ2n) is 5.42. The zero-order valence-electron chi connectivity index (χ0n) is 11.8. The molecule has 1 aromatic rings. The number of likely N-dealkylation sites (tertiary alicyclic amines) is 1. The number of nitrogens with two attached hydrogens (primary N) is 1. The Morgan fingerprint density at radius 2 is 2.26 bits per heavy atom. The highest BCUT2D eigenvalue weighted by Crippen LogP contribution is 2.20. The van der Waals surface area contributed by atoms with Crippen molar-refractivity contribution in [3.63, 3.8) is 0 Å². The van der Waals surface area contributed by atoms with E-state index < -0.39 is 0 Å². The first kappa shape index (κ1) is 14.3. The van der Waals surface area contributed by atoms with Gasteiger partial charge in [0.2, 0.25) is 0 Å². The molecule has 0 amide bonds. The topological polar surface area (TPSA) is 41.3 Å². The summed E-state index contributed by atoms with van der Waals surface area (Å²) in [4.78, 5) is 2.90. The summed E-state index contributed by atoms with van der Waals surface area (Å²) in [5.41, 5.74) is 9.01. The monoisotopic (exact) mass is 277 g/mol. The minimum absolute atomic E-state index is 0.458. The maximum absolute atomic E-state index is 5.78. The third-order valence-electron chi connectivity index (χ3n) is 3.89. The molecule has 19 heavy (non-hydrogen) atoms. The van der Waals surface area contributed by atoms with Gasteiger partial charge in [-0.25, -0.2) is 0 Å². The summed E-state index contributed by atoms with van der Waals surface area (Å²) < 4.78 is 0. The van der Waals surface area contributed by atoms with Gasteiger partial charge in [0, 0.05) is 23.8 Å². The van der Waals surface area contributed by atoms with E-state index in [1.807, 2.05) is 12.1 Å². The van der Waals surface area contributed by atoms with Crippen LogP contribution in [0.25, 0.3) is 0 Å². The van der Waals surface area contributed by atoms with E-state index in [9.17, 15) is 0 Å². The van der Waals surface area contributed by atoms with Crippen molar-refractivity contribution in [3.8, 4) is 0 Å². The first-order valence-corrected chi connectivity index (χ1v) is 7.33. The van der Waals surface area contributed by atoms with E-state index in [1.165, 1.54) is 31.4 Å². The number of benzene rings is 1. The molecule has 0 bridgehead atoms. The fraction of sp³-hybridized carbons (Fsp3) is 0.533. The molecule has 0 aliphatic carbocycles. The van der Waals surface area contributed by atoms with Gasteiger partial charge in [-0.3, -0.25) is 0 Å². The summed E-state index contributed by atoms with van der Waals surface area (Å²) in [6.07, 6.45) is 3.90. The fourth-order valence-corrected chi connectivity index (χ4v) is 2.83. The van der Waals surface area contributed by atoms with Crippen LogP contribution in [0.1, 0.15) is 30.4 Å². The lowest BCUT2D eigenvalue weighted by molar-refractivity contribution is 0.194. The van der Waals surface area contributed by atoms with Crippen molar-refractivity contribution in [3.05, 3.63) is 29.3 Å². The number of piperidine rings is 1. The molecule has 1 atom stereocenters. The van der Waals surface area contributed by atoms with Gasteiger partial charge in [0.25, 0.3) is 0 Å². The molecular formula is C15H23N3S.